The van der Waals surface area contributed by atoms with Gasteiger partial charge in [0.05, 0.1) is 11.2 Å². The first kappa shape index (κ1) is 11.0. The molecule has 0 fully saturated rings. The molecule has 0 amide bonds. The lowest BCUT2D eigenvalue weighted by Gasteiger charge is -1.98. The van der Waals surface area contributed by atoms with Crippen LogP contribution in [0.4, 0.5) is 0 Å². The van der Waals surface area contributed by atoms with Gasteiger partial charge in [0.2, 0.25) is 0 Å². The molecule has 0 unspecified atom stereocenters. The molecule has 2 nitrogen and oxygen atoms in total. The molecule has 1 N–H and O–H groups in total. The van der Waals surface area contributed by atoms with Crippen molar-refractivity contribution in [3.63, 3.8) is 0 Å². The van der Waals surface area contributed by atoms with Crippen molar-refractivity contribution in [2.45, 2.75) is 19.8 Å². The van der Waals surface area contributed by atoms with E-state index < -0.39 is 0 Å². The number of aromatic nitrogens is 1. The third-order valence-corrected chi connectivity index (χ3v) is 3.83. The Morgan fingerprint density at radius 2 is 2.38 bits per heavy atom. The average Bonchev–Trinajstić information content (AvgIpc) is 2.52. The second-order valence-electron chi connectivity index (χ2n) is 2.80. The van der Waals surface area contributed by atoms with Crippen molar-refractivity contribution in [3.05, 3.63) is 16.1 Å². The normalized spacial score (nSPS) is 10.6. The lowest BCUT2D eigenvalue weighted by molar-refractivity contribution is 0.296. The summed E-state index contributed by atoms with van der Waals surface area (Å²) in [5.41, 5.74) is 3.08. The maximum absolute atomic E-state index is 8.57. The van der Waals surface area contributed by atoms with Crippen LogP contribution >= 0.6 is 23.1 Å². The van der Waals surface area contributed by atoms with Gasteiger partial charge in [-0.1, -0.05) is 0 Å². The molecule has 4 heteroatoms. The molecule has 0 aromatic carbocycles. The number of hydrogen-bond donors (Lipinski definition) is 1. The largest absolute Gasteiger partial charge is 0.396 e. The number of hydrogen-bond acceptors (Lipinski definition) is 4. The zero-order valence-corrected chi connectivity index (χ0v) is 9.46. The predicted molar refractivity (Wildman–Crippen MR) is 59.6 cm³/mol. The quantitative estimate of drug-likeness (QED) is 0.741. The van der Waals surface area contributed by atoms with Gasteiger partial charge in [0.15, 0.2) is 0 Å². The van der Waals surface area contributed by atoms with Gasteiger partial charge in [0.25, 0.3) is 0 Å². The van der Waals surface area contributed by atoms with E-state index in [-0.39, 0.29) is 0 Å². The van der Waals surface area contributed by atoms with Crippen molar-refractivity contribution in [2.24, 2.45) is 0 Å². The zero-order chi connectivity index (χ0) is 9.52. The monoisotopic (exact) mass is 217 g/mol. The summed E-state index contributed by atoms with van der Waals surface area (Å²) in [5.74, 6) is 2.21. The van der Waals surface area contributed by atoms with Crippen LogP contribution in [0.1, 0.15) is 17.0 Å². The summed E-state index contributed by atoms with van der Waals surface area (Å²) in [6, 6.07) is 0. The maximum Gasteiger partial charge on any atom is 0.0797 e. The summed E-state index contributed by atoms with van der Waals surface area (Å²) in [4.78, 5) is 5.60. The maximum atomic E-state index is 8.57. The Hall–Kier alpha value is -0.0600. The Labute approximate surface area is 87.4 Å². The van der Waals surface area contributed by atoms with E-state index in [2.05, 4.69) is 11.9 Å². The van der Waals surface area contributed by atoms with Crippen LogP contribution in [-0.2, 0) is 6.42 Å². The van der Waals surface area contributed by atoms with Gasteiger partial charge in [0.1, 0.15) is 0 Å². The minimum absolute atomic E-state index is 0.312. The molecule has 74 valence electrons. The van der Waals surface area contributed by atoms with Gasteiger partial charge in [0, 0.05) is 11.5 Å². The summed E-state index contributed by atoms with van der Waals surface area (Å²) in [6.07, 6.45) is 2.03. The van der Waals surface area contributed by atoms with Crippen molar-refractivity contribution >= 4 is 23.1 Å². The average molecular weight is 217 g/mol. The molecular weight excluding hydrogens is 202 g/mol. The number of nitrogens with zero attached hydrogens (tertiary/aromatic N) is 1. The van der Waals surface area contributed by atoms with Crippen LogP contribution in [0.15, 0.2) is 5.51 Å². The van der Waals surface area contributed by atoms with Crippen LogP contribution in [0.5, 0.6) is 0 Å². The smallest absolute Gasteiger partial charge is 0.0797 e. The number of aryl methyl sites for hydroxylation is 2. The summed E-state index contributed by atoms with van der Waals surface area (Å²) in [7, 11) is 0. The van der Waals surface area contributed by atoms with Crippen molar-refractivity contribution in [2.75, 3.05) is 18.1 Å². The van der Waals surface area contributed by atoms with Crippen molar-refractivity contribution in [1.82, 2.24) is 4.98 Å². The number of thiazole rings is 1. The number of aliphatic hydroxyl groups is 1. The van der Waals surface area contributed by atoms with Gasteiger partial charge in [-0.3, -0.25) is 0 Å². The van der Waals surface area contributed by atoms with Crippen LogP contribution in [-0.4, -0.2) is 28.2 Å². The van der Waals surface area contributed by atoms with Crippen LogP contribution in [0, 0.1) is 6.92 Å². The number of thioether (sulfide) groups is 1. The van der Waals surface area contributed by atoms with Gasteiger partial charge in [-0.2, -0.15) is 11.8 Å². The molecule has 0 aliphatic rings. The third kappa shape index (κ3) is 4.11. The van der Waals surface area contributed by atoms with E-state index >= 15 is 0 Å². The molecule has 13 heavy (non-hydrogen) atoms. The van der Waals surface area contributed by atoms with E-state index in [0.29, 0.717) is 6.61 Å². The topological polar surface area (TPSA) is 33.1 Å². The summed E-state index contributed by atoms with van der Waals surface area (Å²) in [6.45, 7) is 2.37. The van der Waals surface area contributed by atoms with Gasteiger partial charge in [-0.25, -0.2) is 4.98 Å². The summed E-state index contributed by atoms with van der Waals surface area (Å²) < 4.78 is 0. The van der Waals surface area contributed by atoms with E-state index in [1.165, 1.54) is 10.6 Å². The Morgan fingerprint density at radius 1 is 1.54 bits per heavy atom. The van der Waals surface area contributed by atoms with Crippen molar-refractivity contribution in [3.8, 4) is 0 Å². The molecule has 1 aromatic heterocycles. The Kier molecular flexibility index (Phi) is 5.43. The van der Waals surface area contributed by atoms with Gasteiger partial charge < -0.3 is 5.11 Å². The lowest BCUT2D eigenvalue weighted by Crippen LogP contribution is -1.91. The lowest BCUT2D eigenvalue weighted by atomic mass is 10.3. The Balaban J connectivity index is 2.10. The summed E-state index contributed by atoms with van der Waals surface area (Å²) >= 11 is 3.64. The second kappa shape index (κ2) is 6.40. The van der Waals surface area contributed by atoms with Crippen molar-refractivity contribution < 1.29 is 5.11 Å². The van der Waals surface area contributed by atoms with E-state index in [1.54, 1.807) is 11.3 Å². The Bertz CT molecular complexity index is 237. The van der Waals surface area contributed by atoms with Crippen LogP contribution < -0.4 is 0 Å². The standard InChI is InChI=1S/C9H15NOS2/c1-8-9(13-7-10-8)3-6-12-5-2-4-11/h7,11H,2-6H2,1H3. The van der Waals surface area contributed by atoms with Gasteiger partial charge in [-0.05, 0) is 31.3 Å². The first-order valence-electron chi connectivity index (χ1n) is 4.42. The van der Waals surface area contributed by atoms with Gasteiger partial charge in [-0.15, -0.1) is 11.3 Å². The highest BCUT2D eigenvalue weighted by molar-refractivity contribution is 7.99. The summed E-state index contributed by atoms with van der Waals surface area (Å²) in [5, 5.41) is 8.57. The molecule has 0 saturated heterocycles. The molecule has 0 atom stereocenters. The first-order valence-corrected chi connectivity index (χ1v) is 6.45. The first-order chi connectivity index (χ1) is 6.34. The number of rotatable bonds is 6. The molecule has 0 radical (unpaired) electrons. The van der Waals surface area contributed by atoms with E-state index in [4.69, 9.17) is 5.11 Å². The SMILES string of the molecule is Cc1ncsc1CCSCCCO. The molecule has 1 aromatic rings. The van der Waals surface area contributed by atoms with Crippen molar-refractivity contribution in [1.29, 1.82) is 0 Å². The molecule has 0 bridgehead atoms. The van der Waals surface area contributed by atoms with E-state index in [1.807, 2.05) is 17.3 Å². The van der Waals surface area contributed by atoms with Crippen LogP contribution in [0.25, 0.3) is 0 Å². The fourth-order valence-corrected chi connectivity index (χ4v) is 2.80. The second-order valence-corrected chi connectivity index (χ2v) is 4.96. The highest BCUT2D eigenvalue weighted by Gasteiger charge is 2.00. The number of aliphatic hydroxyl groups excluding tert-OH is 1. The van der Waals surface area contributed by atoms with Gasteiger partial charge >= 0.3 is 0 Å². The molecule has 0 aliphatic carbocycles. The zero-order valence-electron chi connectivity index (χ0n) is 7.82. The molecule has 0 saturated carbocycles. The van der Waals surface area contributed by atoms with E-state index in [9.17, 15) is 0 Å². The van der Waals surface area contributed by atoms with E-state index in [0.717, 1.165) is 24.3 Å². The molecule has 1 rings (SSSR count). The fraction of sp³-hybridized carbons (Fsp3) is 0.667. The molecule has 0 spiro atoms. The molecular formula is C9H15NOS2. The third-order valence-electron chi connectivity index (χ3n) is 1.77. The highest BCUT2D eigenvalue weighted by Crippen LogP contribution is 2.15. The Morgan fingerprint density at radius 3 is 3.00 bits per heavy atom. The minimum atomic E-state index is 0.312. The minimum Gasteiger partial charge on any atom is -0.396 e. The highest BCUT2D eigenvalue weighted by atomic mass is 32.2. The predicted octanol–water partition coefficient (Wildman–Crippen LogP) is 2.11. The van der Waals surface area contributed by atoms with Crippen LogP contribution in [0.3, 0.4) is 0 Å². The molecule has 1 heterocycles. The van der Waals surface area contributed by atoms with Crippen LogP contribution in [0.2, 0.25) is 0 Å². The molecule has 0 aliphatic heterocycles. The fourth-order valence-electron chi connectivity index (χ4n) is 1.000.